The van der Waals surface area contributed by atoms with Gasteiger partial charge in [0.2, 0.25) is 0 Å². The predicted octanol–water partition coefficient (Wildman–Crippen LogP) is 5.39. The van der Waals surface area contributed by atoms with Crippen LogP contribution < -0.4 is 14.8 Å². The van der Waals surface area contributed by atoms with E-state index in [0.717, 1.165) is 5.56 Å². The lowest BCUT2D eigenvalue weighted by molar-refractivity contribution is 0.102. The second kappa shape index (κ2) is 7.95. The largest absolute Gasteiger partial charge is 0.497 e. The molecule has 1 heterocycles. The van der Waals surface area contributed by atoms with E-state index in [-0.39, 0.29) is 5.91 Å². The molecule has 0 fully saturated rings. The summed E-state index contributed by atoms with van der Waals surface area (Å²) in [5.74, 6) is 0.661. The molecule has 5 nitrogen and oxygen atoms in total. The molecule has 0 aliphatic heterocycles. The lowest BCUT2D eigenvalue weighted by Gasteiger charge is -2.09. The van der Waals surface area contributed by atoms with Crippen molar-refractivity contribution in [2.75, 3.05) is 19.5 Å². The number of nitrogens with zero attached hydrogens (tertiary/aromatic N) is 1. The van der Waals surface area contributed by atoms with Crippen LogP contribution in [0.4, 0.5) is 5.13 Å². The fraction of sp³-hybridized carbons (Fsp3) is 0.111. The number of hydrogen-bond donors (Lipinski definition) is 1. The standard InChI is InChI=1S/C18H14Cl2N2O3S/c1-24-11-4-6-16(25-2)13(8-11)17(23)22-18-21-15(9-26-18)12-5-3-10(19)7-14(12)20/h3-9H,1-2H3,(H,21,22,23). The van der Waals surface area contributed by atoms with E-state index in [2.05, 4.69) is 10.3 Å². The summed E-state index contributed by atoms with van der Waals surface area (Å²) in [7, 11) is 3.04. The zero-order valence-electron chi connectivity index (χ0n) is 13.9. The van der Waals surface area contributed by atoms with E-state index in [1.165, 1.54) is 25.6 Å². The summed E-state index contributed by atoms with van der Waals surface area (Å²) in [5.41, 5.74) is 1.75. The van der Waals surface area contributed by atoms with Crippen LogP contribution >= 0.6 is 34.5 Å². The number of carbonyl (C=O) groups is 1. The average molecular weight is 409 g/mol. The van der Waals surface area contributed by atoms with Gasteiger partial charge in [-0.05, 0) is 36.4 Å². The minimum atomic E-state index is -0.344. The molecular weight excluding hydrogens is 395 g/mol. The lowest BCUT2D eigenvalue weighted by atomic mass is 10.1. The summed E-state index contributed by atoms with van der Waals surface area (Å²) in [5, 5.41) is 6.07. The van der Waals surface area contributed by atoms with E-state index in [9.17, 15) is 4.79 Å². The summed E-state index contributed by atoms with van der Waals surface area (Å²) in [6.45, 7) is 0. The number of ether oxygens (including phenoxy) is 2. The Labute approximate surface area is 164 Å². The van der Waals surface area contributed by atoms with Gasteiger partial charge in [-0.1, -0.05) is 23.2 Å². The van der Waals surface area contributed by atoms with Crippen molar-refractivity contribution in [3.63, 3.8) is 0 Å². The van der Waals surface area contributed by atoms with Crippen molar-refractivity contribution in [1.82, 2.24) is 4.98 Å². The van der Waals surface area contributed by atoms with Crippen molar-refractivity contribution in [3.8, 4) is 22.8 Å². The molecule has 134 valence electrons. The average Bonchev–Trinajstić information content (AvgIpc) is 3.09. The van der Waals surface area contributed by atoms with Crippen LogP contribution in [0.15, 0.2) is 41.8 Å². The van der Waals surface area contributed by atoms with Gasteiger partial charge >= 0.3 is 0 Å². The number of hydrogen-bond acceptors (Lipinski definition) is 5. The molecule has 1 aromatic heterocycles. The number of anilines is 1. The van der Waals surface area contributed by atoms with Crippen LogP contribution in [0.2, 0.25) is 10.0 Å². The van der Waals surface area contributed by atoms with Crippen LogP contribution in [0, 0.1) is 0 Å². The highest BCUT2D eigenvalue weighted by atomic mass is 35.5. The first kappa shape index (κ1) is 18.5. The number of carbonyl (C=O) groups excluding carboxylic acids is 1. The Bertz CT molecular complexity index is 959. The molecule has 1 N–H and O–H groups in total. The van der Waals surface area contributed by atoms with Gasteiger partial charge in [-0.3, -0.25) is 10.1 Å². The van der Waals surface area contributed by atoms with Crippen molar-refractivity contribution in [2.45, 2.75) is 0 Å². The second-order valence-corrected chi connectivity index (χ2v) is 6.88. The molecule has 0 bridgehead atoms. The number of rotatable bonds is 5. The van der Waals surface area contributed by atoms with Crippen LogP contribution in [-0.2, 0) is 0 Å². The fourth-order valence-corrected chi connectivity index (χ4v) is 3.52. The third-order valence-corrected chi connectivity index (χ3v) is 4.89. The van der Waals surface area contributed by atoms with Crippen LogP contribution in [-0.4, -0.2) is 25.1 Å². The molecule has 3 aromatic rings. The van der Waals surface area contributed by atoms with E-state index in [1.54, 1.807) is 36.4 Å². The summed E-state index contributed by atoms with van der Waals surface area (Å²) < 4.78 is 10.4. The Morgan fingerprint density at radius 2 is 1.92 bits per heavy atom. The molecule has 0 spiro atoms. The highest BCUT2D eigenvalue weighted by Gasteiger charge is 2.16. The third kappa shape index (κ3) is 3.93. The van der Waals surface area contributed by atoms with Crippen LogP contribution in [0.1, 0.15) is 10.4 Å². The van der Waals surface area contributed by atoms with Gasteiger partial charge in [0.25, 0.3) is 5.91 Å². The Hall–Kier alpha value is -2.28. The molecule has 0 radical (unpaired) electrons. The monoisotopic (exact) mass is 408 g/mol. The van der Waals surface area contributed by atoms with Gasteiger partial charge in [-0.2, -0.15) is 0 Å². The molecule has 0 saturated heterocycles. The van der Waals surface area contributed by atoms with Crippen molar-refractivity contribution in [1.29, 1.82) is 0 Å². The molecule has 0 saturated carbocycles. The van der Waals surface area contributed by atoms with Gasteiger partial charge in [0.15, 0.2) is 5.13 Å². The van der Waals surface area contributed by atoms with Crippen molar-refractivity contribution >= 4 is 45.6 Å². The number of aromatic nitrogens is 1. The Morgan fingerprint density at radius 1 is 1.12 bits per heavy atom. The summed E-state index contributed by atoms with van der Waals surface area (Å²) in [6, 6.07) is 10.2. The zero-order valence-corrected chi connectivity index (χ0v) is 16.2. The summed E-state index contributed by atoms with van der Waals surface area (Å²) >= 11 is 13.4. The molecule has 3 rings (SSSR count). The number of amides is 1. The Kier molecular flexibility index (Phi) is 5.66. The zero-order chi connectivity index (χ0) is 18.7. The second-order valence-electron chi connectivity index (χ2n) is 5.18. The maximum Gasteiger partial charge on any atom is 0.261 e. The molecule has 0 aliphatic carbocycles. The van der Waals surface area contributed by atoms with Gasteiger partial charge in [0, 0.05) is 16.0 Å². The lowest BCUT2D eigenvalue weighted by Crippen LogP contribution is -2.13. The van der Waals surface area contributed by atoms with Crippen LogP contribution in [0.25, 0.3) is 11.3 Å². The smallest absolute Gasteiger partial charge is 0.261 e. The first-order chi connectivity index (χ1) is 12.5. The Balaban J connectivity index is 1.84. The molecule has 0 atom stereocenters. The van der Waals surface area contributed by atoms with E-state index >= 15 is 0 Å². The van der Waals surface area contributed by atoms with Gasteiger partial charge < -0.3 is 9.47 Å². The maximum absolute atomic E-state index is 12.6. The van der Waals surface area contributed by atoms with Gasteiger partial charge in [-0.15, -0.1) is 11.3 Å². The van der Waals surface area contributed by atoms with E-state index in [0.29, 0.717) is 37.9 Å². The first-order valence-corrected chi connectivity index (χ1v) is 9.09. The molecular formula is C18H14Cl2N2O3S. The number of thiazole rings is 1. The van der Waals surface area contributed by atoms with E-state index in [4.69, 9.17) is 32.7 Å². The van der Waals surface area contributed by atoms with Crippen LogP contribution in [0.5, 0.6) is 11.5 Å². The molecule has 2 aromatic carbocycles. The Morgan fingerprint density at radius 3 is 2.62 bits per heavy atom. The highest BCUT2D eigenvalue weighted by molar-refractivity contribution is 7.14. The fourth-order valence-electron chi connectivity index (χ4n) is 2.31. The predicted molar refractivity (Wildman–Crippen MR) is 105 cm³/mol. The highest BCUT2D eigenvalue weighted by Crippen LogP contribution is 2.33. The third-order valence-electron chi connectivity index (χ3n) is 3.58. The molecule has 26 heavy (non-hydrogen) atoms. The van der Waals surface area contributed by atoms with Crippen molar-refractivity contribution in [3.05, 3.63) is 57.4 Å². The van der Waals surface area contributed by atoms with Gasteiger partial charge in [0.05, 0.1) is 30.5 Å². The quantitative estimate of drug-likeness (QED) is 0.614. The topological polar surface area (TPSA) is 60.5 Å². The van der Waals surface area contributed by atoms with Crippen molar-refractivity contribution < 1.29 is 14.3 Å². The van der Waals surface area contributed by atoms with E-state index < -0.39 is 0 Å². The van der Waals surface area contributed by atoms with E-state index in [1.807, 2.05) is 5.38 Å². The molecule has 0 aliphatic rings. The van der Waals surface area contributed by atoms with Crippen molar-refractivity contribution in [2.24, 2.45) is 0 Å². The number of halogens is 2. The molecule has 0 unspecified atom stereocenters. The minimum absolute atomic E-state index is 0.344. The van der Waals surface area contributed by atoms with Gasteiger partial charge in [-0.25, -0.2) is 4.98 Å². The normalized spacial score (nSPS) is 10.5. The number of nitrogens with one attached hydrogen (secondary N) is 1. The summed E-state index contributed by atoms with van der Waals surface area (Å²) in [4.78, 5) is 17.0. The minimum Gasteiger partial charge on any atom is -0.497 e. The maximum atomic E-state index is 12.6. The number of methoxy groups -OCH3 is 2. The van der Waals surface area contributed by atoms with Crippen LogP contribution in [0.3, 0.4) is 0 Å². The van der Waals surface area contributed by atoms with Gasteiger partial charge in [0.1, 0.15) is 11.5 Å². The number of benzene rings is 2. The SMILES string of the molecule is COc1ccc(OC)c(C(=O)Nc2nc(-c3ccc(Cl)cc3Cl)cs2)c1. The first-order valence-electron chi connectivity index (χ1n) is 7.46. The summed E-state index contributed by atoms with van der Waals surface area (Å²) in [6.07, 6.45) is 0. The molecule has 1 amide bonds. The molecule has 8 heteroatoms.